The summed E-state index contributed by atoms with van der Waals surface area (Å²) in [6.07, 6.45) is 3.76. The average molecular weight is 407 g/mol. The lowest BCUT2D eigenvalue weighted by Gasteiger charge is -2.17. The van der Waals surface area contributed by atoms with Crippen LogP contribution in [0.4, 0.5) is 16.2 Å². The third-order valence-electron chi connectivity index (χ3n) is 4.80. The molecule has 1 heterocycles. The summed E-state index contributed by atoms with van der Waals surface area (Å²) in [5, 5.41) is 21.0. The number of non-ortho nitro benzene ring substituents is 1. The largest absolute Gasteiger partial charge is 0.328 e. The Kier molecular flexibility index (Phi) is 7.15. The van der Waals surface area contributed by atoms with Gasteiger partial charge in [0, 0.05) is 42.7 Å². The van der Waals surface area contributed by atoms with Gasteiger partial charge in [-0.15, -0.1) is 0 Å². The molecule has 0 fully saturated rings. The predicted molar refractivity (Wildman–Crippen MR) is 116 cm³/mol. The van der Waals surface area contributed by atoms with Gasteiger partial charge in [-0.2, -0.15) is 5.10 Å². The molecule has 2 aromatic carbocycles. The van der Waals surface area contributed by atoms with Crippen LogP contribution in [0, 0.1) is 10.1 Å². The van der Waals surface area contributed by atoms with Crippen molar-refractivity contribution in [3.63, 3.8) is 0 Å². The first-order valence-corrected chi connectivity index (χ1v) is 9.89. The van der Waals surface area contributed by atoms with Crippen molar-refractivity contribution in [1.82, 2.24) is 15.1 Å². The number of nitrogens with zero attached hydrogens (tertiary/aromatic N) is 3. The number of aromatic amines is 1. The van der Waals surface area contributed by atoms with Crippen molar-refractivity contribution >= 4 is 17.4 Å². The predicted octanol–water partition coefficient (Wildman–Crippen LogP) is 4.86. The van der Waals surface area contributed by atoms with E-state index in [4.69, 9.17) is 0 Å². The van der Waals surface area contributed by atoms with E-state index >= 15 is 0 Å². The van der Waals surface area contributed by atoms with E-state index in [2.05, 4.69) is 21.6 Å². The van der Waals surface area contributed by atoms with Gasteiger partial charge in [0.2, 0.25) is 0 Å². The Labute approximate surface area is 175 Å². The average Bonchev–Trinajstić information content (AvgIpc) is 3.23. The lowest BCUT2D eigenvalue weighted by atomic mass is 10.1. The van der Waals surface area contributed by atoms with Crippen LogP contribution in [0.3, 0.4) is 0 Å². The van der Waals surface area contributed by atoms with E-state index in [-0.39, 0.29) is 11.7 Å². The van der Waals surface area contributed by atoms with Gasteiger partial charge >= 0.3 is 6.03 Å². The van der Waals surface area contributed by atoms with Crippen LogP contribution in [0.15, 0.2) is 60.7 Å². The number of aryl methyl sites for hydroxylation is 1. The fraction of sp³-hybridized carbons (Fsp3) is 0.273. The number of nitro benzene ring substituents is 1. The monoisotopic (exact) mass is 407 g/mol. The third-order valence-corrected chi connectivity index (χ3v) is 4.80. The molecule has 0 spiro atoms. The molecule has 8 heteroatoms. The Morgan fingerprint density at radius 3 is 2.67 bits per heavy atom. The summed E-state index contributed by atoms with van der Waals surface area (Å²) < 4.78 is 0. The van der Waals surface area contributed by atoms with E-state index in [1.165, 1.54) is 12.1 Å². The first-order valence-electron chi connectivity index (χ1n) is 9.89. The summed E-state index contributed by atoms with van der Waals surface area (Å²) in [5.74, 6) is 0. The van der Waals surface area contributed by atoms with Crippen molar-refractivity contribution in [3.05, 3.63) is 76.5 Å². The number of benzene rings is 2. The molecule has 0 radical (unpaired) electrons. The van der Waals surface area contributed by atoms with E-state index in [0.29, 0.717) is 12.2 Å². The van der Waals surface area contributed by atoms with E-state index in [1.54, 1.807) is 24.1 Å². The zero-order chi connectivity index (χ0) is 21.3. The number of unbranched alkanes of at least 4 members (excludes halogenated alkanes) is 2. The van der Waals surface area contributed by atoms with Crippen LogP contribution in [-0.4, -0.2) is 39.6 Å². The standard InChI is InChI=1S/C22H25N5O3/c1-26(22(28)23-18-12-8-13-20(15-18)27(29)30)14-7-3-6-11-19-16-21(25-24-19)17-9-4-2-5-10-17/h2,4-5,8-10,12-13,15-16H,3,6-7,11,14H2,1H3,(H,23,28)(H,24,25). The van der Waals surface area contributed by atoms with Crippen LogP contribution in [-0.2, 0) is 6.42 Å². The van der Waals surface area contributed by atoms with Gasteiger partial charge in [0.1, 0.15) is 0 Å². The highest BCUT2D eigenvalue weighted by molar-refractivity contribution is 5.89. The van der Waals surface area contributed by atoms with Crippen LogP contribution < -0.4 is 5.32 Å². The molecule has 8 nitrogen and oxygen atoms in total. The molecule has 3 aromatic rings. The van der Waals surface area contributed by atoms with Gasteiger partial charge < -0.3 is 10.2 Å². The molecule has 0 aliphatic carbocycles. The zero-order valence-corrected chi connectivity index (χ0v) is 16.9. The van der Waals surface area contributed by atoms with E-state index < -0.39 is 4.92 Å². The first-order chi connectivity index (χ1) is 14.5. The highest BCUT2D eigenvalue weighted by atomic mass is 16.6. The quantitative estimate of drug-likeness (QED) is 0.300. The van der Waals surface area contributed by atoms with Gasteiger partial charge in [-0.05, 0) is 31.4 Å². The number of rotatable bonds is 9. The summed E-state index contributed by atoms with van der Waals surface area (Å²) in [6, 6.07) is 17.8. The maximum atomic E-state index is 12.2. The number of hydrogen-bond donors (Lipinski definition) is 2. The third kappa shape index (κ3) is 5.91. The molecule has 1 aromatic heterocycles. The molecule has 3 rings (SSSR count). The number of carbonyl (C=O) groups excluding carboxylic acids is 1. The summed E-state index contributed by atoms with van der Waals surface area (Å²) in [6.45, 7) is 0.610. The first kappa shape index (κ1) is 21.0. The second-order valence-corrected chi connectivity index (χ2v) is 7.11. The molecule has 0 saturated carbocycles. The Morgan fingerprint density at radius 1 is 1.10 bits per heavy atom. The second-order valence-electron chi connectivity index (χ2n) is 7.11. The van der Waals surface area contributed by atoms with Crippen molar-refractivity contribution in [2.45, 2.75) is 25.7 Å². The molecule has 2 N–H and O–H groups in total. The summed E-state index contributed by atoms with van der Waals surface area (Å²) in [7, 11) is 1.72. The second kappa shape index (κ2) is 10.2. The lowest BCUT2D eigenvalue weighted by Crippen LogP contribution is -2.32. The van der Waals surface area contributed by atoms with Crippen LogP contribution in [0.1, 0.15) is 25.0 Å². The number of aromatic nitrogens is 2. The minimum atomic E-state index is -0.484. The number of H-pyrrole nitrogens is 1. The number of amides is 2. The number of carbonyl (C=O) groups is 1. The van der Waals surface area contributed by atoms with E-state index in [0.717, 1.165) is 42.6 Å². The number of nitrogens with one attached hydrogen (secondary N) is 2. The minimum Gasteiger partial charge on any atom is -0.328 e. The van der Waals surface area contributed by atoms with Gasteiger partial charge in [0.15, 0.2) is 0 Å². The van der Waals surface area contributed by atoms with Crippen LogP contribution in [0.2, 0.25) is 0 Å². The molecule has 0 saturated heterocycles. The maximum absolute atomic E-state index is 12.2. The van der Waals surface area contributed by atoms with Crippen molar-refractivity contribution in [1.29, 1.82) is 0 Å². The zero-order valence-electron chi connectivity index (χ0n) is 16.9. The van der Waals surface area contributed by atoms with Gasteiger partial charge in [-0.1, -0.05) is 42.8 Å². The number of anilines is 1. The van der Waals surface area contributed by atoms with Crippen molar-refractivity contribution < 1.29 is 9.72 Å². The van der Waals surface area contributed by atoms with E-state index in [1.807, 2.05) is 30.3 Å². The van der Waals surface area contributed by atoms with Crippen LogP contribution >= 0.6 is 0 Å². The fourth-order valence-corrected chi connectivity index (χ4v) is 3.11. The minimum absolute atomic E-state index is 0.0512. The van der Waals surface area contributed by atoms with Gasteiger partial charge in [-0.3, -0.25) is 15.2 Å². The molecule has 0 unspecified atom stereocenters. The molecular formula is C22H25N5O3. The highest BCUT2D eigenvalue weighted by Crippen LogP contribution is 2.19. The van der Waals surface area contributed by atoms with Crippen LogP contribution in [0.25, 0.3) is 11.3 Å². The summed E-state index contributed by atoms with van der Waals surface area (Å²) in [4.78, 5) is 24.2. The number of nitro groups is 1. The SMILES string of the molecule is CN(CCCCCc1cc(-c2ccccc2)n[nH]1)C(=O)Nc1cccc([N+](=O)[O-])c1. The number of urea groups is 1. The smallest absolute Gasteiger partial charge is 0.321 e. The Balaban J connectivity index is 1.37. The Hall–Kier alpha value is -3.68. The Bertz CT molecular complexity index is 987. The molecule has 0 aliphatic heterocycles. The van der Waals surface area contributed by atoms with Gasteiger partial charge in [-0.25, -0.2) is 4.79 Å². The van der Waals surface area contributed by atoms with Gasteiger partial charge in [0.05, 0.1) is 10.6 Å². The molecular weight excluding hydrogens is 382 g/mol. The normalized spacial score (nSPS) is 10.6. The Morgan fingerprint density at radius 2 is 1.90 bits per heavy atom. The molecule has 0 aliphatic rings. The van der Waals surface area contributed by atoms with E-state index in [9.17, 15) is 14.9 Å². The molecule has 156 valence electrons. The van der Waals surface area contributed by atoms with Crippen molar-refractivity contribution in [3.8, 4) is 11.3 Å². The molecule has 30 heavy (non-hydrogen) atoms. The van der Waals surface area contributed by atoms with Gasteiger partial charge in [0.25, 0.3) is 5.69 Å². The molecule has 2 amide bonds. The number of hydrogen-bond acceptors (Lipinski definition) is 4. The highest BCUT2D eigenvalue weighted by Gasteiger charge is 2.11. The summed E-state index contributed by atoms with van der Waals surface area (Å²) >= 11 is 0. The topological polar surface area (TPSA) is 104 Å². The maximum Gasteiger partial charge on any atom is 0.321 e. The van der Waals surface area contributed by atoms with Crippen LogP contribution in [0.5, 0.6) is 0 Å². The molecule has 0 bridgehead atoms. The fourth-order valence-electron chi connectivity index (χ4n) is 3.11. The van der Waals surface area contributed by atoms with Crippen molar-refractivity contribution in [2.24, 2.45) is 0 Å². The molecule has 0 atom stereocenters. The summed E-state index contributed by atoms with van der Waals surface area (Å²) in [5.41, 5.74) is 3.50. The lowest BCUT2D eigenvalue weighted by molar-refractivity contribution is -0.384. The van der Waals surface area contributed by atoms with Crippen molar-refractivity contribution in [2.75, 3.05) is 18.9 Å².